The van der Waals surface area contributed by atoms with Crippen LogP contribution in [0.4, 0.5) is 0 Å². The summed E-state index contributed by atoms with van der Waals surface area (Å²) in [7, 11) is 3.30. The van der Waals surface area contributed by atoms with Crippen LogP contribution in [-0.2, 0) is 6.54 Å². The zero-order valence-corrected chi connectivity index (χ0v) is 16.6. The predicted octanol–water partition coefficient (Wildman–Crippen LogP) is 2.84. The van der Waals surface area contributed by atoms with E-state index in [2.05, 4.69) is 20.9 Å². The quantitative estimate of drug-likeness (QED) is 0.695. The molecule has 7 heteroatoms. The number of H-pyrrole nitrogens is 1. The van der Waals surface area contributed by atoms with E-state index in [0.29, 0.717) is 5.69 Å². The third-order valence-electron chi connectivity index (χ3n) is 5.25. The van der Waals surface area contributed by atoms with Gasteiger partial charge in [0.1, 0.15) is 5.82 Å². The van der Waals surface area contributed by atoms with Crippen LogP contribution in [0.3, 0.4) is 0 Å². The molecule has 29 heavy (non-hydrogen) atoms. The molecule has 0 bridgehead atoms. The van der Waals surface area contributed by atoms with E-state index in [4.69, 9.17) is 14.5 Å². The van der Waals surface area contributed by atoms with Gasteiger partial charge in [0.15, 0.2) is 11.5 Å². The summed E-state index contributed by atoms with van der Waals surface area (Å²) in [5.74, 6) is 2.41. The number of likely N-dealkylation sites (tertiary alicyclic amines) is 1. The second-order valence-electron chi connectivity index (χ2n) is 7.13. The number of benzene rings is 1. The molecule has 1 atom stereocenters. The standard InChI is InChI=1S/C22H24N4O3/c1-28-19-7-3-5-16(21(19)29-2)13-26-10-8-17(14-26)22-24-18(11-20(27)25-22)15-6-4-9-23-12-15/h3-7,9,11-12,17H,8,10,13-14H2,1-2H3,(H,24,25,27). The summed E-state index contributed by atoms with van der Waals surface area (Å²) >= 11 is 0. The van der Waals surface area contributed by atoms with E-state index in [1.54, 1.807) is 26.6 Å². The highest BCUT2D eigenvalue weighted by Crippen LogP contribution is 2.33. The maximum atomic E-state index is 12.2. The molecule has 4 rings (SSSR count). The van der Waals surface area contributed by atoms with E-state index in [0.717, 1.165) is 54.5 Å². The largest absolute Gasteiger partial charge is 0.493 e. The zero-order valence-electron chi connectivity index (χ0n) is 16.6. The number of ether oxygens (including phenoxy) is 2. The van der Waals surface area contributed by atoms with Gasteiger partial charge in [-0.1, -0.05) is 12.1 Å². The Morgan fingerprint density at radius 1 is 1.21 bits per heavy atom. The Labute approximate surface area is 169 Å². The first-order chi connectivity index (χ1) is 14.2. The zero-order chi connectivity index (χ0) is 20.2. The lowest BCUT2D eigenvalue weighted by Crippen LogP contribution is -2.21. The maximum Gasteiger partial charge on any atom is 0.251 e. The summed E-state index contributed by atoms with van der Waals surface area (Å²) in [6.07, 6.45) is 4.37. The van der Waals surface area contributed by atoms with Crippen molar-refractivity contribution in [2.24, 2.45) is 0 Å². The molecule has 1 fully saturated rings. The number of para-hydroxylation sites is 1. The van der Waals surface area contributed by atoms with Crippen molar-refractivity contribution < 1.29 is 9.47 Å². The number of hydrogen-bond donors (Lipinski definition) is 1. The van der Waals surface area contributed by atoms with E-state index in [1.165, 1.54) is 6.07 Å². The van der Waals surface area contributed by atoms with E-state index in [1.807, 2.05) is 24.3 Å². The number of rotatable bonds is 6. The molecule has 150 valence electrons. The van der Waals surface area contributed by atoms with Gasteiger partial charge in [0.2, 0.25) is 0 Å². The third kappa shape index (κ3) is 4.14. The molecule has 1 aliphatic heterocycles. The number of hydrogen-bond acceptors (Lipinski definition) is 6. The Balaban J connectivity index is 1.52. The SMILES string of the molecule is COc1cccc(CN2CCC(c3nc(-c4cccnc4)cc(=O)[nH]3)C2)c1OC. The molecule has 2 aromatic heterocycles. The summed E-state index contributed by atoms with van der Waals surface area (Å²) in [4.78, 5) is 26.3. The lowest BCUT2D eigenvalue weighted by Gasteiger charge is -2.19. The van der Waals surface area contributed by atoms with Crippen LogP contribution in [0.25, 0.3) is 11.3 Å². The fourth-order valence-corrected chi connectivity index (χ4v) is 3.85. The van der Waals surface area contributed by atoms with Crippen LogP contribution in [-0.4, -0.2) is 47.2 Å². The molecule has 3 heterocycles. The van der Waals surface area contributed by atoms with Crippen molar-refractivity contribution in [1.29, 1.82) is 0 Å². The summed E-state index contributed by atoms with van der Waals surface area (Å²) in [5, 5.41) is 0. The average Bonchev–Trinajstić information content (AvgIpc) is 3.22. The minimum Gasteiger partial charge on any atom is -0.493 e. The number of pyridine rings is 1. The molecule has 0 aliphatic carbocycles. The second kappa shape index (κ2) is 8.45. The lowest BCUT2D eigenvalue weighted by atomic mass is 10.1. The highest BCUT2D eigenvalue weighted by Gasteiger charge is 2.27. The van der Waals surface area contributed by atoms with E-state index in [-0.39, 0.29) is 11.5 Å². The van der Waals surface area contributed by atoms with Crippen molar-refractivity contribution in [1.82, 2.24) is 19.9 Å². The minimum atomic E-state index is -0.137. The van der Waals surface area contributed by atoms with Gasteiger partial charge in [-0.3, -0.25) is 14.7 Å². The Hall–Kier alpha value is -3.19. The molecule has 7 nitrogen and oxygen atoms in total. The second-order valence-corrected chi connectivity index (χ2v) is 7.13. The number of aromatic amines is 1. The third-order valence-corrected chi connectivity index (χ3v) is 5.25. The molecule has 1 N–H and O–H groups in total. The normalized spacial score (nSPS) is 16.7. The lowest BCUT2D eigenvalue weighted by molar-refractivity contribution is 0.308. The van der Waals surface area contributed by atoms with Crippen molar-refractivity contribution in [2.75, 3.05) is 27.3 Å². The Kier molecular flexibility index (Phi) is 5.57. The number of nitrogens with one attached hydrogen (secondary N) is 1. The van der Waals surface area contributed by atoms with Gasteiger partial charge in [-0.2, -0.15) is 0 Å². The van der Waals surface area contributed by atoms with Crippen LogP contribution in [0.1, 0.15) is 23.7 Å². The monoisotopic (exact) mass is 392 g/mol. The fourth-order valence-electron chi connectivity index (χ4n) is 3.85. The van der Waals surface area contributed by atoms with Crippen molar-refractivity contribution in [3.8, 4) is 22.8 Å². The van der Waals surface area contributed by atoms with Crippen molar-refractivity contribution in [3.63, 3.8) is 0 Å². The molecule has 3 aromatic rings. The van der Waals surface area contributed by atoms with Crippen molar-refractivity contribution >= 4 is 0 Å². The van der Waals surface area contributed by atoms with Crippen LogP contribution < -0.4 is 15.0 Å². The van der Waals surface area contributed by atoms with Gasteiger partial charge in [-0.15, -0.1) is 0 Å². The van der Waals surface area contributed by atoms with E-state index >= 15 is 0 Å². The molecule has 1 aliphatic rings. The molecule has 0 saturated carbocycles. The van der Waals surface area contributed by atoms with Gasteiger partial charge < -0.3 is 14.5 Å². The fraction of sp³-hybridized carbons (Fsp3) is 0.318. The topological polar surface area (TPSA) is 80.3 Å². The average molecular weight is 392 g/mol. The number of methoxy groups -OCH3 is 2. The van der Waals surface area contributed by atoms with Crippen LogP contribution in [0, 0.1) is 0 Å². The summed E-state index contributed by atoms with van der Waals surface area (Å²) < 4.78 is 11.0. The molecule has 1 aromatic carbocycles. The molecular formula is C22H24N4O3. The van der Waals surface area contributed by atoms with E-state index < -0.39 is 0 Å². The van der Waals surface area contributed by atoms with Gasteiger partial charge in [0.25, 0.3) is 5.56 Å². The van der Waals surface area contributed by atoms with Gasteiger partial charge in [0.05, 0.1) is 19.9 Å². The molecule has 0 spiro atoms. The molecule has 0 radical (unpaired) electrons. The van der Waals surface area contributed by atoms with E-state index in [9.17, 15) is 4.79 Å². The Morgan fingerprint density at radius 3 is 2.86 bits per heavy atom. The summed E-state index contributed by atoms with van der Waals surface area (Å²) in [5.41, 5.74) is 2.44. The smallest absolute Gasteiger partial charge is 0.251 e. The molecule has 1 unspecified atom stereocenters. The van der Waals surface area contributed by atoms with Crippen LogP contribution in [0.5, 0.6) is 11.5 Å². The van der Waals surface area contributed by atoms with Crippen molar-refractivity contribution in [2.45, 2.75) is 18.9 Å². The maximum absolute atomic E-state index is 12.2. The molecular weight excluding hydrogens is 368 g/mol. The highest BCUT2D eigenvalue weighted by molar-refractivity contribution is 5.57. The first-order valence-corrected chi connectivity index (χ1v) is 9.62. The van der Waals surface area contributed by atoms with Crippen LogP contribution in [0.2, 0.25) is 0 Å². The molecule has 1 saturated heterocycles. The van der Waals surface area contributed by atoms with Gasteiger partial charge in [-0.05, 0) is 31.2 Å². The highest BCUT2D eigenvalue weighted by atomic mass is 16.5. The van der Waals surface area contributed by atoms with Gasteiger partial charge >= 0.3 is 0 Å². The summed E-state index contributed by atoms with van der Waals surface area (Å²) in [6.45, 7) is 2.50. The summed E-state index contributed by atoms with van der Waals surface area (Å²) in [6, 6.07) is 11.2. The van der Waals surface area contributed by atoms with Gasteiger partial charge in [-0.25, -0.2) is 4.98 Å². The first-order valence-electron chi connectivity index (χ1n) is 9.62. The Bertz CT molecular complexity index is 1040. The van der Waals surface area contributed by atoms with Gasteiger partial charge in [0, 0.05) is 48.6 Å². The molecule has 0 amide bonds. The van der Waals surface area contributed by atoms with Crippen molar-refractivity contribution in [3.05, 3.63) is 70.5 Å². The van der Waals surface area contributed by atoms with Crippen LogP contribution in [0.15, 0.2) is 53.6 Å². The van der Waals surface area contributed by atoms with Crippen LogP contribution >= 0.6 is 0 Å². The Morgan fingerprint density at radius 2 is 2.10 bits per heavy atom. The number of aromatic nitrogens is 3. The predicted molar refractivity (Wildman–Crippen MR) is 110 cm³/mol. The minimum absolute atomic E-state index is 0.137. The first kappa shape index (κ1) is 19.1. The number of nitrogens with zero attached hydrogens (tertiary/aromatic N) is 3.